The highest BCUT2D eigenvalue weighted by atomic mass is 32.2. The summed E-state index contributed by atoms with van der Waals surface area (Å²) < 4.78 is 23.9. The first kappa shape index (κ1) is 22.1. The quantitative estimate of drug-likeness (QED) is 0.470. The Morgan fingerprint density at radius 3 is 2.62 bits per heavy atom. The normalized spacial score (nSPS) is 13.2. The molecule has 0 aliphatic heterocycles. The molecule has 1 atom stereocenters. The third kappa shape index (κ3) is 7.93. The van der Waals surface area contributed by atoms with E-state index in [-0.39, 0.29) is 12.2 Å². The number of nitrogens with zero attached hydrogens (tertiary/aromatic N) is 1. The maximum atomic E-state index is 12.2. The average Bonchev–Trinajstić information content (AvgIpc) is 2.58. The van der Waals surface area contributed by atoms with Crippen molar-refractivity contribution in [1.29, 1.82) is 0 Å². The molecule has 7 heteroatoms. The molecule has 0 heterocycles. The summed E-state index contributed by atoms with van der Waals surface area (Å²) in [5.74, 6) is -1.49. The van der Waals surface area contributed by atoms with Crippen LogP contribution < -0.4 is 0 Å². The minimum absolute atomic E-state index is 0.0665. The number of ketones is 1. The molecule has 1 aromatic rings. The number of hydrogen-bond donors (Lipinski definition) is 1. The van der Waals surface area contributed by atoms with Crippen molar-refractivity contribution in [3.63, 3.8) is 0 Å². The van der Waals surface area contributed by atoms with Crippen LogP contribution >= 0.6 is 0 Å². The van der Waals surface area contributed by atoms with Gasteiger partial charge in [-0.2, -0.15) is 0 Å². The zero-order chi connectivity index (χ0) is 19.7. The molecule has 0 fully saturated rings. The van der Waals surface area contributed by atoms with Gasteiger partial charge in [0.25, 0.3) is 0 Å². The first-order chi connectivity index (χ1) is 12.1. The smallest absolute Gasteiger partial charge is 0.306 e. The van der Waals surface area contributed by atoms with E-state index >= 15 is 0 Å². The van der Waals surface area contributed by atoms with Crippen molar-refractivity contribution in [2.75, 3.05) is 19.8 Å². The number of hydrogen-bond acceptors (Lipinski definition) is 4. The highest BCUT2D eigenvalue weighted by Gasteiger charge is 2.14. The second-order valence-corrected chi connectivity index (χ2v) is 8.55. The van der Waals surface area contributed by atoms with E-state index in [2.05, 4.69) is 0 Å². The molecule has 0 amide bonds. The Bertz CT molecular complexity index is 755. The molecule has 1 aromatic carbocycles. The molecule has 0 radical (unpaired) electrons. The number of carbonyl (C=O) groups is 2. The Labute approximate surface area is 155 Å². The minimum Gasteiger partial charge on any atom is -0.481 e. The molecule has 1 N–H and O–H groups in total. The fourth-order valence-corrected chi connectivity index (χ4v) is 2.71. The third-order valence-corrected chi connectivity index (χ3v) is 5.47. The summed E-state index contributed by atoms with van der Waals surface area (Å²) >= 11 is 0. The van der Waals surface area contributed by atoms with Gasteiger partial charge in [-0.15, -0.1) is 0 Å². The van der Waals surface area contributed by atoms with Crippen LogP contribution in [0, 0.1) is 5.92 Å². The van der Waals surface area contributed by atoms with E-state index in [1.54, 1.807) is 32.2 Å². The second kappa shape index (κ2) is 10.2. The lowest BCUT2D eigenvalue weighted by Crippen LogP contribution is -2.26. The summed E-state index contributed by atoms with van der Waals surface area (Å²) in [5.41, 5.74) is 1.46. The molecule has 0 unspecified atom stereocenters. The van der Waals surface area contributed by atoms with Crippen LogP contribution in [0.5, 0.6) is 0 Å². The molecule has 0 aromatic heterocycles. The van der Waals surface area contributed by atoms with Crippen LogP contribution in [0.4, 0.5) is 0 Å². The predicted octanol–water partition coefficient (Wildman–Crippen LogP) is 3.06. The van der Waals surface area contributed by atoms with Crippen LogP contribution in [0.25, 0.3) is 6.08 Å². The van der Waals surface area contributed by atoms with Gasteiger partial charge in [0, 0.05) is 25.6 Å². The number of sulfonamides is 1. The zero-order valence-electron chi connectivity index (χ0n) is 15.5. The Hall–Kier alpha value is -1.99. The van der Waals surface area contributed by atoms with Gasteiger partial charge in [0.1, 0.15) is 0 Å². The van der Waals surface area contributed by atoms with Crippen molar-refractivity contribution >= 4 is 27.9 Å². The number of benzene rings is 1. The van der Waals surface area contributed by atoms with Gasteiger partial charge < -0.3 is 5.11 Å². The molecule has 0 saturated heterocycles. The molecule has 0 spiro atoms. The van der Waals surface area contributed by atoms with Crippen LogP contribution in [0.2, 0.25) is 0 Å². The number of allylic oxidation sites excluding steroid dienone is 1. The van der Waals surface area contributed by atoms with E-state index in [4.69, 9.17) is 5.11 Å². The van der Waals surface area contributed by atoms with Crippen LogP contribution in [0.3, 0.4) is 0 Å². The standard InChI is InChI=1S/C19H27NO5S/c1-15(19(22)23)11-12-18(21)17-10-7-9-16(14-17)8-5-4-6-13-20(2)26(3,24)25/h5,7-10,14-15H,4,6,11-13H2,1-3H3,(H,22,23)/b8-5-/t15-/m0/s1. The van der Waals surface area contributed by atoms with Crippen molar-refractivity contribution in [2.24, 2.45) is 5.92 Å². The minimum atomic E-state index is -3.14. The van der Waals surface area contributed by atoms with Gasteiger partial charge >= 0.3 is 5.97 Å². The number of carbonyl (C=O) groups excluding carboxylic acids is 1. The number of carboxylic acid groups (broad SMARTS) is 1. The molecule has 6 nitrogen and oxygen atoms in total. The Morgan fingerprint density at radius 2 is 2.00 bits per heavy atom. The summed E-state index contributed by atoms with van der Waals surface area (Å²) in [6.07, 6.45) is 7.01. The number of carboxylic acids is 1. The summed E-state index contributed by atoms with van der Waals surface area (Å²) in [5, 5.41) is 8.87. The van der Waals surface area contributed by atoms with Crippen LogP contribution in [-0.2, 0) is 14.8 Å². The molecule has 0 aliphatic rings. The van der Waals surface area contributed by atoms with Crippen molar-refractivity contribution in [2.45, 2.75) is 32.6 Å². The van der Waals surface area contributed by atoms with Gasteiger partial charge in [-0.05, 0) is 30.9 Å². The van der Waals surface area contributed by atoms with Gasteiger partial charge in [-0.3, -0.25) is 9.59 Å². The van der Waals surface area contributed by atoms with Gasteiger partial charge in [0.05, 0.1) is 12.2 Å². The largest absolute Gasteiger partial charge is 0.481 e. The Kier molecular flexibility index (Phi) is 8.68. The van der Waals surface area contributed by atoms with Crippen LogP contribution in [-0.4, -0.2) is 49.4 Å². The summed E-state index contributed by atoms with van der Waals surface area (Å²) in [6, 6.07) is 7.19. The summed E-state index contributed by atoms with van der Waals surface area (Å²) in [7, 11) is -1.58. The fourth-order valence-electron chi connectivity index (χ4n) is 2.25. The lowest BCUT2D eigenvalue weighted by Gasteiger charge is -2.12. The van der Waals surface area contributed by atoms with Gasteiger partial charge in [-0.25, -0.2) is 12.7 Å². The molecule has 1 rings (SSSR count). The Balaban J connectivity index is 2.53. The molecular weight excluding hydrogens is 354 g/mol. The zero-order valence-corrected chi connectivity index (χ0v) is 16.3. The molecule has 0 aliphatic carbocycles. The Morgan fingerprint density at radius 1 is 1.31 bits per heavy atom. The number of Topliss-reactive ketones (excluding diaryl/α,β-unsaturated/α-hetero) is 1. The van der Waals surface area contributed by atoms with E-state index in [1.807, 2.05) is 18.2 Å². The van der Waals surface area contributed by atoms with Gasteiger partial charge in [0.15, 0.2) is 5.78 Å². The van der Waals surface area contributed by atoms with E-state index in [0.29, 0.717) is 24.9 Å². The predicted molar refractivity (Wildman–Crippen MR) is 103 cm³/mol. The van der Waals surface area contributed by atoms with Crippen molar-refractivity contribution < 1.29 is 23.1 Å². The average molecular weight is 381 g/mol. The van der Waals surface area contributed by atoms with Crippen molar-refractivity contribution in [3.05, 3.63) is 41.5 Å². The summed E-state index contributed by atoms with van der Waals surface area (Å²) in [4.78, 5) is 23.0. The SMILES string of the molecule is C[C@@H](CCC(=O)c1cccc(/C=C\CCCN(C)S(C)(=O)=O)c1)C(=O)O. The second-order valence-electron chi connectivity index (χ2n) is 6.46. The molecule has 144 valence electrons. The topological polar surface area (TPSA) is 91.8 Å². The maximum absolute atomic E-state index is 12.2. The number of aliphatic carboxylic acids is 1. The highest BCUT2D eigenvalue weighted by molar-refractivity contribution is 7.88. The maximum Gasteiger partial charge on any atom is 0.306 e. The van der Waals surface area contributed by atoms with Crippen LogP contribution in [0.1, 0.15) is 48.5 Å². The van der Waals surface area contributed by atoms with E-state index < -0.39 is 21.9 Å². The van der Waals surface area contributed by atoms with E-state index in [9.17, 15) is 18.0 Å². The number of unbranched alkanes of at least 4 members (excludes halogenated alkanes) is 1. The highest BCUT2D eigenvalue weighted by Crippen LogP contribution is 2.14. The van der Waals surface area contributed by atoms with Gasteiger partial charge in [0.2, 0.25) is 10.0 Å². The molecule has 0 saturated carbocycles. The van der Waals surface area contributed by atoms with Crippen LogP contribution in [0.15, 0.2) is 30.3 Å². The first-order valence-electron chi connectivity index (χ1n) is 8.55. The first-order valence-corrected chi connectivity index (χ1v) is 10.4. The lowest BCUT2D eigenvalue weighted by atomic mass is 9.99. The monoisotopic (exact) mass is 381 g/mol. The molecule has 0 bridgehead atoms. The third-order valence-electron chi connectivity index (χ3n) is 4.15. The van der Waals surface area contributed by atoms with Gasteiger partial charge in [-0.1, -0.05) is 37.3 Å². The lowest BCUT2D eigenvalue weighted by molar-refractivity contribution is -0.141. The molecule has 26 heavy (non-hydrogen) atoms. The number of rotatable bonds is 11. The summed E-state index contributed by atoms with van der Waals surface area (Å²) in [6.45, 7) is 2.06. The van der Waals surface area contributed by atoms with Crippen molar-refractivity contribution in [1.82, 2.24) is 4.31 Å². The van der Waals surface area contributed by atoms with Crippen molar-refractivity contribution in [3.8, 4) is 0 Å². The fraction of sp³-hybridized carbons (Fsp3) is 0.474. The molecular formula is C19H27NO5S. The van der Waals surface area contributed by atoms with E-state index in [1.165, 1.54) is 10.6 Å². The van der Waals surface area contributed by atoms with E-state index in [0.717, 1.165) is 12.0 Å².